The van der Waals surface area contributed by atoms with Gasteiger partial charge in [-0.3, -0.25) is 4.79 Å². The fourth-order valence-corrected chi connectivity index (χ4v) is 2.67. The maximum atomic E-state index is 12.4. The van der Waals surface area contributed by atoms with Crippen molar-refractivity contribution >= 4 is 5.91 Å². The van der Waals surface area contributed by atoms with E-state index in [0.29, 0.717) is 5.92 Å². The summed E-state index contributed by atoms with van der Waals surface area (Å²) in [6.45, 7) is 10.6. The van der Waals surface area contributed by atoms with Crippen LogP contribution in [-0.4, -0.2) is 23.9 Å². The predicted octanol–water partition coefficient (Wildman–Crippen LogP) is 3.86. The van der Waals surface area contributed by atoms with Gasteiger partial charge in [0.05, 0.1) is 0 Å². The third-order valence-electron chi connectivity index (χ3n) is 3.94. The summed E-state index contributed by atoms with van der Waals surface area (Å²) in [7, 11) is 0. The molecule has 1 heterocycles. The summed E-state index contributed by atoms with van der Waals surface area (Å²) in [5.74, 6) is 0.818. The Morgan fingerprint density at radius 3 is 2.37 bits per heavy atom. The molecule has 2 heteroatoms. The number of carbonyl (C=O) groups is 1. The first-order valence-electron chi connectivity index (χ1n) is 7.28. The van der Waals surface area contributed by atoms with Gasteiger partial charge in [-0.05, 0) is 41.9 Å². The molecule has 0 bridgehead atoms. The number of rotatable bonds is 1. The van der Waals surface area contributed by atoms with Crippen LogP contribution >= 0.6 is 0 Å². The van der Waals surface area contributed by atoms with E-state index < -0.39 is 0 Å². The molecule has 0 aromatic heterocycles. The Labute approximate surface area is 116 Å². The Balaban J connectivity index is 2.11. The largest absolute Gasteiger partial charge is 0.338 e. The minimum Gasteiger partial charge on any atom is -0.338 e. The lowest BCUT2D eigenvalue weighted by molar-refractivity contribution is 0.0683. The smallest absolute Gasteiger partial charge is 0.253 e. The van der Waals surface area contributed by atoms with Crippen LogP contribution in [0.25, 0.3) is 0 Å². The van der Waals surface area contributed by atoms with Crippen molar-refractivity contribution in [1.29, 1.82) is 0 Å². The van der Waals surface area contributed by atoms with Gasteiger partial charge in [-0.15, -0.1) is 0 Å². The normalized spacial score (nSPS) is 20.4. The molecule has 19 heavy (non-hydrogen) atoms. The second kappa shape index (κ2) is 5.36. The van der Waals surface area contributed by atoms with Crippen LogP contribution in [-0.2, 0) is 5.41 Å². The molecular formula is C17H25NO. The molecule has 2 rings (SSSR count). The van der Waals surface area contributed by atoms with Gasteiger partial charge in [0.15, 0.2) is 0 Å². The van der Waals surface area contributed by atoms with Crippen molar-refractivity contribution in [2.24, 2.45) is 5.92 Å². The van der Waals surface area contributed by atoms with E-state index >= 15 is 0 Å². The molecule has 1 aliphatic heterocycles. The number of benzene rings is 1. The summed E-state index contributed by atoms with van der Waals surface area (Å²) in [6, 6.07) is 8.12. The van der Waals surface area contributed by atoms with E-state index in [1.807, 2.05) is 17.0 Å². The lowest BCUT2D eigenvalue weighted by Gasteiger charge is -2.31. The van der Waals surface area contributed by atoms with Gasteiger partial charge in [0.1, 0.15) is 0 Å². The Morgan fingerprint density at radius 2 is 1.84 bits per heavy atom. The number of amides is 1. The molecule has 0 saturated carbocycles. The third kappa shape index (κ3) is 3.37. The second-order valence-corrected chi connectivity index (χ2v) is 6.83. The number of nitrogens with zero attached hydrogens (tertiary/aromatic N) is 1. The van der Waals surface area contributed by atoms with Crippen LogP contribution in [0.15, 0.2) is 24.3 Å². The highest BCUT2D eigenvalue weighted by atomic mass is 16.2. The minimum absolute atomic E-state index is 0.140. The summed E-state index contributed by atoms with van der Waals surface area (Å²) in [5, 5.41) is 0. The third-order valence-corrected chi connectivity index (χ3v) is 3.94. The summed E-state index contributed by atoms with van der Waals surface area (Å²) in [5.41, 5.74) is 2.24. The topological polar surface area (TPSA) is 20.3 Å². The summed E-state index contributed by atoms with van der Waals surface area (Å²) in [4.78, 5) is 14.4. The van der Waals surface area contributed by atoms with E-state index in [1.54, 1.807) is 0 Å². The van der Waals surface area contributed by atoms with Crippen LogP contribution in [0.5, 0.6) is 0 Å². The number of likely N-dealkylation sites (tertiary alicyclic amines) is 1. The lowest BCUT2D eigenvalue weighted by Crippen LogP contribution is -2.39. The van der Waals surface area contributed by atoms with Crippen molar-refractivity contribution < 1.29 is 4.79 Å². The van der Waals surface area contributed by atoms with Crippen molar-refractivity contribution in [1.82, 2.24) is 4.90 Å². The van der Waals surface area contributed by atoms with Gasteiger partial charge in [-0.1, -0.05) is 39.8 Å². The SMILES string of the molecule is CC1CCCN(C(=O)c2ccc(C(C)(C)C)cc2)C1. The van der Waals surface area contributed by atoms with Gasteiger partial charge >= 0.3 is 0 Å². The number of piperidine rings is 1. The van der Waals surface area contributed by atoms with E-state index in [1.165, 1.54) is 12.0 Å². The summed E-state index contributed by atoms with van der Waals surface area (Å²) >= 11 is 0. The molecule has 0 aliphatic carbocycles. The van der Waals surface area contributed by atoms with E-state index in [0.717, 1.165) is 25.1 Å². The highest BCUT2D eigenvalue weighted by Crippen LogP contribution is 2.23. The highest BCUT2D eigenvalue weighted by molar-refractivity contribution is 5.94. The molecule has 1 unspecified atom stereocenters. The van der Waals surface area contributed by atoms with Crippen LogP contribution in [0, 0.1) is 5.92 Å². The molecule has 1 aromatic rings. The van der Waals surface area contributed by atoms with Gasteiger partial charge in [-0.2, -0.15) is 0 Å². The Kier molecular flexibility index (Phi) is 3.98. The molecule has 1 saturated heterocycles. The van der Waals surface area contributed by atoms with Crippen molar-refractivity contribution in [3.05, 3.63) is 35.4 Å². The van der Waals surface area contributed by atoms with E-state index in [9.17, 15) is 4.79 Å². The molecule has 2 nitrogen and oxygen atoms in total. The van der Waals surface area contributed by atoms with Crippen molar-refractivity contribution in [2.45, 2.75) is 46.0 Å². The maximum absolute atomic E-state index is 12.4. The molecule has 1 aliphatic rings. The van der Waals surface area contributed by atoms with E-state index in [-0.39, 0.29) is 11.3 Å². The summed E-state index contributed by atoms with van der Waals surface area (Å²) in [6.07, 6.45) is 2.37. The van der Waals surface area contributed by atoms with Crippen LogP contribution in [0.1, 0.15) is 56.5 Å². The number of hydrogen-bond donors (Lipinski definition) is 0. The molecule has 1 fully saturated rings. The molecular weight excluding hydrogens is 234 g/mol. The predicted molar refractivity (Wildman–Crippen MR) is 79.4 cm³/mol. The highest BCUT2D eigenvalue weighted by Gasteiger charge is 2.22. The van der Waals surface area contributed by atoms with Crippen molar-refractivity contribution in [3.8, 4) is 0 Å². The van der Waals surface area contributed by atoms with Crippen LogP contribution in [0.2, 0.25) is 0 Å². The van der Waals surface area contributed by atoms with E-state index in [2.05, 4.69) is 39.8 Å². The molecule has 0 radical (unpaired) electrons. The lowest BCUT2D eigenvalue weighted by atomic mass is 9.86. The molecule has 1 atom stereocenters. The number of carbonyl (C=O) groups excluding carboxylic acids is 1. The molecule has 1 aromatic carbocycles. The standard InChI is InChI=1S/C17H25NO/c1-13-6-5-11-18(12-13)16(19)14-7-9-15(10-8-14)17(2,3)4/h7-10,13H,5-6,11-12H2,1-4H3. The minimum atomic E-state index is 0.140. The Bertz CT molecular complexity index is 441. The average Bonchev–Trinajstić information content (AvgIpc) is 2.37. The summed E-state index contributed by atoms with van der Waals surface area (Å²) < 4.78 is 0. The zero-order valence-electron chi connectivity index (χ0n) is 12.6. The molecule has 0 spiro atoms. The average molecular weight is 259 g/mol. The van der Waals surface area contributed by atoms with Crippen molar-refractivity contribution in [2.75, 3.05) is 13.1 Å². The van der Waals surface area contributed by atoms with Gasteiger partial charge in [-0.25, -0.2) is 0 Å². The maximum Gasteiger partial charge on any atom is 0.253 e. The monoisotopic (exact) mass is 259 g/mol. The second-order valence-electron chi connectivity index (χ2n) is 6.83. The van der Waals surface area contributed by atoms with Crippen LogP contribution < -0.4 is 0 Å². The van der Waals surface area contributed by atoms with Gasteiger partial charge in [0.2, 0.25) is 0 Å². The fraction of sp³-hybridized carbons (Fsp3) is 0.588. The van der Waals surface area contributed by atoms with Crippen LogP contribution in [0.4, 0.5) is 0 Å². The van der Waals surface area contributed by atoms with Crippen LogP contribution in [0.3, 0.4) is 0 Å². The van der Waals surface area contributed by atoms with Gasteiger partial charge in [0, 0.05) is 18.7 Å². The Hall–Kier alpha value is -1.31. The van der Waals surface area contributed by atoms with Crippen molar-refractivity contribution in [3.63, 3.8) is 0 Å². The first-order valence-corrected chi connectivity index (χ1v) is 7.28. The molecule has 104 valence electrons. The zero-order chi connectivity index (χ0) is 14.0. The first kappa shape index (κ1) is 14.1. The Morgan fingerprint density at radius 1 is 1.21 bits per heavy atom. The zero-order valence-corrected chi connectivity index (χ0v) is 12.6. The number of hydrogen-bond acceptors (Lipinski definition) is 1. The van der Waals surface area contributed by atoms with E-state index in [4.69, 9.17) is 0 Å². The van der Waals surface area contributed by atoms with Gasteiger partial charge < -0.3 is 4.90 Å². The molecule has 0 N–H and O–H groups in total. The quantitative estimate of drug-likeness (QED) is 0.750. The first-order chi connectivity index (χ1) is 8.88. The fourth-order valence-electron chi connectivity index (χ4n) is 2.67. The van der Waals surface area contributed by atoms with Gasteiger partial charge in [0.25, 0.3) is 5.91 Å². The molecule has 1 amide bonds.